The fourth-order valence-corrected chi connectivity index (χ4v) is 1.12. The van der Waals surface area contributed by atoms with Crippen LogP contribution in [0.5, 0.6) is 0 Å². The van der Waals surface area contributed by atoms with Crippen LogP contribution in [0.15, 0.2) is 12.2 Å². The van der Waals surface area contributed by atoms with Crippen LogP contribution in [0.25, 0.3) is 0 Å². The lowest BCUT2D eigenvalue weighted by atomic mass is 9.95. The van der Waals surface area contributed by atoms with Crippen LogP contribution in [0.2, 0.25) is 0 Å². The molecule has 0 amide bonds. The van der Waals surface area contributed by atoms with E-state index in [1.165, 1.54) is 0 Å². The molecule has 0 saturated heterocycles. The number of carbonyl (C=O) groups is 1. The molecule has 0 aromatic heterocycles. The molecule has 12 heavy (non-hydrogen) atoms. The fourth-order valence-electron chi connectivity index (χ4n) is 1.12. The predicted molar refractivity (Wildman–Crippen MR) is 47.4 cm³/mol. The van der Waals surface area contributed by atoms with Gasteiger partial charge in [-0.3, -0.25) is 0 Å². The summed E-state index contributed by atoms with van der Waals surface area (Å²) in [5, 5.41) is 10.1. The molecule has 0 saturated carbocycles. The molecule has 0 rings (SSSR count). The zero-order chi connectivity index (χ0) is 9.56. The van der Waals surface area contributed by atoms with Crippen LogP contribution >= 0.6 is 0 Å². The van der Waals surface area contributed by atoms with Crippen molar-refractivity contribution in [3.8, 4) is 0 Å². The first-order valence-electron chi connectivity index (χ1n) is 4.45. The van der Waals surface area contributed by atoms with Crippen molar-refractivity contribution in [3.05, 3.63) is 12.2 Å². The van der Waals surface area contributed by atoms with Gasteiger partial charge in [-0.15, -0.1) is 0 Å². The predicted octanol–water partition coefficient (Wildman–Crippen LogP) is 1.36. The van der Waals surface area contributed by atoms with E-state index in [4.69, 9.17) is 0 Å². The lowest BCUT2D eigenvalue weighted by Crippen LogP contribution is -2.19. The Balaban J connectivity index is 3.72. The first kappa shape index (κ1) is 11.2. The topological polar surface area (TPSA) is 40.1 Å². The second-order valence-corrected chi connectivity index (χ2v) is 3.40. The Hall–Kier alpha value is -0.790. The minimum atomic E-state index is -1.11. The molecule has 0 heterocycles. The quantitative estimate of drug-likeness (QED) is 0.583. The fraction of sp³-hybridized carbons (Fsp3) is 0.700. The van der Waals surface area contributed by atoms with Crippen LogP contribution in [-0.4, -0.2) is 5.97 Å². The number of carboxylic acids is 1. The Kier molecular flexibility index (Phi) is 5.43. The van der Waals surface area contributed by atoms with E-state index in [1.807, 2.05) is 6.92 Å². The van der Waals surface area contributed by atoms with Crippen LogP contribution in [0.1, 0.15) is 33.6 Å². The molecule has 0 spiro atoms. The molecule has 0 fully saturated rings. The summed E-state index contributed by atoms with van der Waals surface area (Å²) < 4.78 is 0. The number of carbonyl (C=O) groups excluding carboxylic acids is 1. The Morgan fingerprint density at radius 3 is 2.50 bits per heavy atom. The van der Waals surface area contributed by atoms with E-state index in [-0.39, 0.29) is 0 Å². The molecule has 2 atom stereocenters. The van der Waals surface area contributed by atoms with Crippen LogP contribution in [0.3, 0.4) is 0 Å². The molecule has 0 N–H and O–H groups in total. The molecule has 70 valence electrons. The minimum Gasteiger partial charge on any atom is -0.545 e. The average molecular weight is 169 g/mol. The Morgan fingerprint density at radius 1 is 1.50 bits per heavy atom. The van der Waals surface area contributed by atoms with Gasteiger partial charge in [0.2, 0.25) is 0 Å². The third kappa shape index (κ3) is 5.96. The Labute approximate surface area is 74.3 Å². The Morgan fingerprint density at radius 2 is 2.08 bits per heavy atom. The number of aliphatic carboxylic acids is 1. The first-order chi connectivity index (χ1) is 5.56. The Bertz CT molecular complexity index is 161. The van der Waals surface area contributed by atoms with E-state index in [0.29, 0.717) is 11.8 Å². The largest absolute Gasteiger partial charge is 0.545 e. The van der Waals surface area contributed by atoms with Crippen molar-refractivity contribution in [3.63, 3.8) is 0 Å². The van der Waals surface area contributed by atoms with Crippen molar-refractivity contribution >= 4 is 5.97 Å². The van der Waals surface area contributed by atoms with Crippen molar-refractivity contribution in [1.29, 1.82) is 0 Å². The number of hydrogen-bond donors (Lipinski definition) is 0. The number of carboxylic acid groups (broad SMARTS) is 1. The zero-order valence-electron chi connectivity index (χ0n) is 8.04. The molecule has 0 radical (unpaired) electrons. The van der Waals surface area contributed by atoms with Crippen molar-refractivity contribution in [2.24, 2.45) is 11.8 Å². The van der Waals surface area contributed by atoms with E-state index in [9.17, 15) is 9.90 Å². The summed E-state index contributed by atoms with van der Waals surface area (Å²) in [6.07, 6.45) is 5.00. The highest BCUT2D eigenvalue weighted by atomic mass is 16.4. The van der Waals surface area contributed by atoms with Gasteiger partial charge >= 0.3 is 0 Å². The summed E-state index contributed by atoms with van der Waals surface area (Å²) in [7, 11) is 0. The van der Waals surface area contributed by atoms with Crippen molar-refractivity contribution < 1.29 is 9.90 Å². The maximum atomic E-state index is 10.1. The summed E-state index contributed by atoms with van der Waals surface area (Å²) in [4.78, 5) is 10.1. The van der Waals surface area contributed by atoms with Gasteiger partial charge in [0.15, 0.2) is 0 Å². The second-order valence-electron chi connectivity index (χ2n) is 3.40. The van der Waals surface area contributed by atoms with Gasteiger partial charge in [0.1, 0.15) is 0 Å². The van der Waals surface area contributed by atoms with E-state index >= 15 is 0 Å². The molecule has 0 aromatic rings. The molecular formula is C10H17O2-. The zero-order valence-corrected chi connectivity index (χ0v) is 8.04. The van der Waals surface area contributed by atoms with Gasteiger partial charge in [-0.05, 0) is 24.3 Å². The smallest absolute Gasteiger partial charge is 0.0639 e. The lowest BCUT2D eigenvalue weighted by Gasteiger charge is -2.11. The molecule has 2 heteroatoms. The number of hydrogen-bond acceptors (Lipinski definition) is 2. The highest BCUT2D eigenvalue weighted by molar-refractivity contribution is 5.77. The molecule has 2 nitrogen and oxygen atoms in total. The van der Waals surface area contributed by atoms with Crippen molar-refractivity contribution in [2.75, 3.05) is 0 Å². The van der Waals surface area contributed by atoms with E-state index in [1.54, 1.807) is 6.08 Å². The molecular weight excluding hydrogens is 152 g/mol. The SMILES string of the molecule is CCC(C)CC(C)/C=C/C(=O)[O-]. The van der Waals surface area contributed by atoms with Crippen LogP contribution in [-0.2, 0) is 4.79 Å². The van der Waals surface area contributed by atoms with Crippen LogP contribution in [0, 0.1) is 11.8 Å². The van der Waals surface area contributed by atoms with E-state index in [2.05, 4.69) is 13.8 Å². The molecule has 0 aromatic carbocycles. The summed E-state index contributed by atoms with van der Waals surface area (Å²) in [5.74, 6) is -0.116. The van der Waals surface area contributed by atoms with Gasteiger partial charge in [0, 0.05) is 0 Å². The highest BCUT2D eigenvalue weighted by Crippen LogP contribution is 2.15. The molecule has 2 unspecified atom stereocenters. The maximum Gasteiger partial charge on any atom is 0.0639 e. The third-order valence-corrected chi connectivity index (χ3v) is 2.03. The van der Waals surface area contributed by atoms with Gasteiger partial charge < -0.3 is 9.90 Å². The van der Waals surface area contributed by atoms with Gasteiger partial charge in [-0.2, -0.15) is 0 Å². The van der Waals surface area contributed by atoms with Crippen LogP contribution in [0.4, 0.5) is 0 Å². The summed E-state index contributed by atoms with van der Waals surface area (Å²) in [6, 6.07) is 0. The average Bonchev–Trinajstić information content (AvgIpc) is 2.00. The minimum absolute atomic E-state index is 0.331. The van der Waals surface area contributed by atoms with E-state index in [0.717, 1.165) is 18.9 Å². The molecule has 0 aliphatic heterocycles. The maximum absolute atomic E-state index is 10.1. The van der Waals surface area contributed by atoms with Gasteiger partial charge in [-0.25, -0.2) is 0 Å². The summed E-state index contributed by atoms with van der Waals surface area (Å²) in [6.45, 7) is 6.33. The molecule has 0 bridgehead atoms. The standard InChI is InChI=1S/C10H18O2/c1-4-8(2)7-9(3)5-6-10(11)12/h5-6,8-9H,4,7H2,1-3H3,(H,11,12)/p-1/b6-5+. The second kappa shape index (κ2) is 5.81. The van der Waals surface area contributed by atoms with E-state index < -0.39 is 5.97 Å². The lowest BCUT2D eigenvalue weighted by molar-refractivity contribution is -0.297. The van der Waals surface area contributed by atoms with Gasteiger partial charge in [0.25, 0.3) is 0 Å². The first-order valence-corrected chi connectivity index (χ1v) is 4.45. The third-order valence-electron chi connectivity index (χ3n) is 2.03. The number of allylic oxidation sites excluding steroid dienone is 1. The van der Waals surface area contributed by atoms with Crippen LogP contribution < -0.4 is 5.11 Å². The van der Waals surface area contributed by atoms with Crippen molar-refractivity contribution in [2.45, 2.75) is 33.6 Å². The molecule has 0 aliphatic carbocycles. The summed E-state index contributed by atoms with van der Waals surface area (Å²) >= 11 is 0. The molecule has 0 aliphatic rings. The highest BCUT2D eigenvalue weighted by Gasteiger charge is 2.02. The van der Waals surface area contributed by atoms with Crippen molar-refractivity contribution in [1.82, 2.24) is 0 Å². The van der Waals surface area contributed by atoms with Gasteiger partial charge in [-0.1, -0.05) is 33.3 Å². The van der Waals surface area contributed by atoms with Gasteiger partial charge in [0.05, 0.1) is 5.97 Å². The monoisotopic (exact) mass is 169 g/mol. The summed E-state index contributed by atoms with van der Waals surface area (Å²) in [5.41, 5.74) is 0. The number of rotatable bonds is 5. The normalized spacial score (nSPS) is 16.2.